The van der Waals surface area contributed by atoms with Gasteiger partial charge in [0, 0.05) is 12.1 Å². The summed E-state index contributed by atoms with van der Waals surface area (Å²) in [6.45, 7) is 2.66. The molecule has 140 valence electrons. The van der Waals surface area contributed by atoms with Gasteiger partial charge in [0.05, 0.1) is 19.4 Å². The number of hydrogen-bond donors (Lipinski definition) is 0. The Morgan fingerprint density at radius 2 is 2.08 bits per heavy atom. The van der Waals surface area contributed by atoms with Crippen molar-refractivity contribution in [2.24, 2.45) is 5.41 Å². The minimum absolute atomic E-state index is 0.0774. The van der Waals surface area contributed by atoms with Crippen molar-refractivity contribution in [2.75, 3.05) is 19.4 Å². The van der Waals surface area contributed by atoms with Crippen molar-refractivity contribution in [1.29, 1.82) is 0 Å². The van der Waals surface area contributed by atoms with E-state index in [0.29, 0.717) is 18.3 Å². The Bertz CT molecular complexity index is 916. The minimum atomic E-state index is -3.26. The molecule has 0 radical (unpaired) electrons. The molecule has 0 unspecified atom stereocenters. The maximum Gasteiger partial charge on any atom is 0.242 e. The molecule has 1 aromatic carbocycles. The molecule has 1 aliphatic heterocycles. The molecule has 0 amide bonds. The summed E-state index contributed by atoms with van der Waals surface area (Å²) in [7, 11) is -1.65. The molecular formula is C18H23N3O4S. The third-order valence-electron chi connectivity index (χ3n) is 5.50. The highest BCUT2D eigenvalue weighted by molar-refractivity contribution is 7.89. The van der Waals surface area contributed by atoms with Crippen molar-refractivity contribution in [2.45, 2.75) is 39.2 Å². The highest BCUT2D eigenvalue weighted by Gasteiger charge is 2.49. The predicted octanol–water partition coefficient (Wildman–Crippen LogP) is 2.76. The summed E-state index contributed by atoms with van der Waals surface area (Å²) in [5.74, 6) is 1.75. The number of sulfonamides is 1. The molecule has 0 bridgehead atoms. The van der Waals surface area contributed by atoms with Gasteiger partial charge in [0.15, 0.2) is 0 Å². The Labute approximate surface area is 153 Å². The van der Waals surface area contributed by atoms with Crippen molar-refractivity contribution < 1.29 is 17.7 Å². The summed E-state index contributed by atoms with van der Waals surface area (Å²) in [6.07, 6.45) is 4.20. The van der Waals surface area contributed by atoms with Gasteiger partial charge in [-0.15, -0.1) is 0 Å². The first-order chi connectivity index (χ1) is 12.4. The molecule has 0 atom stereocenters. The Morgan fingerprint density at radius 3 is 2.81 bits per heavy atom. The summed E-state index contributed by atoms with van der Waals surface area (Å²) in [6, 6.07) is 5.68. The van der Waals surface area contributed by atoms with Gasteiger partial charge in [0.25, 0.3) is 0 Å². The van der Waals surface area contributed by atoms with Crippen LogP contribution in [0.1, 0.15) is 37.1 Å². The first-order valence-electron chi connectivity index (χ1n) is 8.86. The normalized spacial score (nSPS) is 21.5. The van der Waals surface area contributed by atoms with E-state index >= 15 is 0 Å². The van der Waals surface area contributed by atoms with Crippen molar-refractivity contribution in [1.82, 2.24) is 14.4 Å². The lowest BCUT2D eigenvalue weighted by molar-refractivity contribution is 0.260. The molecule has 7 nitrogen and oxygen atoms in total. The lowest BCUT2D eigenvalue weighted by Crippen LogP contribution is -2.27. The van der Waals surface area contributed by atoms with E-state index in [0.717, 1.165) is 42.6 Å². The summed E-state index contributed by atoms with van der Waals surface area (Å²) in [5.41, 5.74) is 1.72. The number of rotatable bonds is 4. The average Bonchev–Trinajstić information content (AvgIpc) is 3.29. The van der Waals surface area contributed by atoms with Crippen LogP contribution in [0, 0.1) is 12.3 Å². The van der Waals surface area contributed by atoms with E-state index in [1.165, 1.54) is 4.31 Å². The average molecular weight is 377 g/mol. The maximum atomic E-state index is 12.5. The molecule has 1 saturated heterocycles. The Balaban J connectivity index is 1.54. The van der Waals surface area contributed by atoms with Crippen LogP contribution >= 0.6 is 0 Å². The highest BCUT2D eigenvalue weighted by atomic mass is 32.2. The van der Waals surface area contributed by atoms with Crippen LogP contribution in [0.5, 0.6) is 5.75 Å². The number of nitrogens with zero attached hydrogens (tertiary/aromatic N) is 3. The van der Waals surface area contributed by atoms with E-state index in [4.69, 9.17) is 9.26 Å². The number of benzene rings is 1. The molecule has 4 rings (SSSR count). The van der Waals surface area contributed by atoms with Crippen LogP contribution in [-0.4, -0.2) is 42.3 Å². The van der Waals surface area contributed by atoms with Gasteiger partial charge in [0.1, 0.15) is 5.75 Å². The van der Waals surface area contributed by atoms with Crippen LogP contribution in [0.4, 0.5) is 0 Å². The second-order valence-corrected chi connectivity index (χ2v) is 9.40. The van der Waals surface area contributed by atoms with Gasteiger partial charge in [-0.05, 0) is 36.8 Å². The van der Waals surface area contributed by atoms with Crippen LogP contribution in [0.2, 0.25) is 0 Å². The number of aromatic nitrogens is 2. The monoisotopic (exact) mass is 377 g/mol. The second kappa shape index (κ2) is 6.35. The van der Waals surface area contributed by atoms with Crippen LogP contribution in [0.3, 0.4) is 0 Å². The van der Waals surface area contributed by atoms with Gasteiger partial charge in [-0.3, -0.25) is 0 Å². The van der Waals surface area contributed by atoms with E-state index in [1.807, 2.05) is 25.1 Å². The summed E-state index contributed by atoms with van der Waals surface area (Å²) in [4.78, 5) is 4.39. The molecule has 1 aliphatic carbocycles. The summed E-state index contributed by atoms with van der Waals surface area (Å²) in [5, 5.41) is 4.01. The maximum absolute atomic E-state index is 12.5. The Morgan fingerprint density at radius 1 is 1.31 bits per heavy atom. The second-order valence-electron chi connectivity index (χ2n) is 7.43. The van der Waals surface area contributed by atoms with Crippen molar-refractivity contribution >= 4 is 10.0 Å². The van der Waals surface area contributed by atoms with E-state index in [9.17, 15) is 8.42 Å². The van der Waals surface area contributed by atoms with Crippen LogP contribution in [0.25, 0.3) is 11.4 Å². The first kappa shape index (κ1) is 17.5. The van der Waals surface area contributed by atoms with Crippen LogP contribution in [0.15, 0.2) is 22.7 Å². The van der Waals surface area contributed by atoms with Crippen LogP contribution < -0.4 is 4.74 Å². The summed E-state index contributed by atoms with van der Waals surface area (Å²) < 4.78 is 37.2. The molecule has 8 heteroatoms. The predicted molar refractivity (Wildman–Crippen MR) is 96.1 cm³/mol. The lowest BCUT2D eigenvalue weighted by Gasteiger charge is -2.20. The van der Waals surface area contributed by atoms with Gasteiger partial charge in [-0.25, -0.2) is 8.42 Å². The molecule has 0 N–H and O–H groups in total. The third-order valence-corrected chi connectivity index (χ3v) is 7.53. The quantitative estimate of drug-likeness (QED) is 0.814. The standard InChI is InChI=1S/C18H23N3O4S/c1-13-5-6-14(9-15(13)24-2)17-19-16(25-20-17)10-21-11-18(7-3-4-8-18)12-26(21,22)23/h5-6,9H,3-4,7-8,10-12H2,1-2H3. The Kier molecular flexibility index (Phi) is 4.27. The van der Waals surface area contributed by atoms with E-state index < -0.39 is 10.0 Å². The van der Waals surface area contributed by atoms with Gasteiger partial charge in [0.2, 0.25) is 21.7 Å². The zero-order valence-corrected chi connectivity index (χ0v) is 15.9. The number of ether oxygens (including phenoxy) is 1. The largest absolute Gasteiger partial charge is 0.496 e. The zero-order valence-electron chi connectivity index (χ0n) is 15.1. The molecule has 2 heterocycles. The summed E-state index contributed by atoms with van der Waals surface area (Å²) >= 11 is 0. The molecule has 1 spiro atoms. The minimum Gasteiger partial charge on any atom is -0.496 e. The zero-order chi connectivity index (χ0) is 18.4. The fourth-order valence-electron chi connectivity index (χ4n) is 4.12. The topological polar surface area (TPSA) is 85.5 Å². The fraction of sp³-hybridized carbons (Fsp3) is 0.556. The fourth-order valence-corrected chi connectivity index (χ4v) is 6.24. The smallest absolute Gasteiger partial charge is 0.242 e. The number of hydrogen-bond acceptors (Lipinski definition) is 6. The van der Waals surface area contributed by atoms with Crippen molar-refractivity contribution in [3.8, 4) is 17.1 Å². The van der Waals surface area contributed by atoms with E-state index in [-0.39, 0.29) is 17.7 Å². The van der Waals surface area contributed by atoms with E-state index in [1.54, 1.807) is 7.11 Å². The Hall–Kier alpha value is -1.93. The lowest BCUT2D eigenvalue weighted by atomic mass is 9.89. The molecule has 1 aromatic heterocycles. The van der Waals surface area contributed by atoms with Gasteiger partial charge in [-0.1, -0.05) is 30.1 Å². The SMILES string of the molecule is COc1cc(-c2noc(CN3CC4(CCCC4)CS3(=O)=O)n2)ccc1C. The molecular weight excluding hydrogens is 354 g/mol. The number of methoxy groups -OCH3 is 1. The highest BCUT2D eigenvalue weighted by Crippen LogP contribution is 2.45. The van der Waals surface area contributed by atoms with Gasteiger partial charge < -0.3 is 9.26 Å². The van der Waals surface area contributed by atoms with Crippen molar-refractivity contribution in [3.05, 3.63) is 29.7 Å². The molecule has 2 aromatic rings. The first-order valence-corrected chi connectivity index (χ1v) is 10.5. The van der Waals surface area contributed by atoms with E-state index in [2.05, 4.69) is 10.1 Å². The number of aryl methyl sites for hydroxylation is 1. The molecule has 26 heavy (non-hydrogen) atoms. The van der Waals surface area contributed by atoms with Crippen molar-refractivity contribution in [3.63, 3.8) is 0 Å². The molecule has 2 fully saturated rings. The third kappa shape index (κ3) is 3.12. The van der Waals surface area contributed by atoms with Crippen LogP contribution in [-0.2, 0) is 16.6 Å². The molecule has 1 saturated carbocycles. The van der Waals surface area contributed by atoms with Gasteiger partial charge in [-0.2, -0.15) is 9.29 Å². The van der Waals surface area contributed by atoms with Gasteiger partial charge >= 0.3 is 0 Å². The molecule has 2 aliphatic rings.